The molecule has 0 saturated carbocycles. The van der Waals surface area contributed by atoms with Gasteiger partial charge in [0, 0.05) is 17.1 Å². The predicted octanol–water partition coefficient (Wildman–Crippen LogP) is 1.12. The minimum Gasteiger partial charge on any atom is -0.364 e. The number of carbonyl (C=O) groups is 1. The quantitative estimate of drug-likeness (QED) is 0.700. The third kappa shape index (κ3) is 1.69. The van der Waals surface area contributed by atoms with Crippen LogP contribution >= 0.6 is 0 Å². The van der Waals surface area contributed by atoms with Gasteiger partial charge in [-0.3, -0.25) is 9.89 Å². The summed E-state index contributed by atoms with van der Waals surface area (Å²) in [5, 5.41) is 7.76. The van der Waals surface area contributed by atoms with Gasteiger partial charge in [-0.25, -0.2) is 9.97 Å². The number of primary amides is 1. The van der Waals surface area contributed by atoms with Crippen LogP contribution in [-0.4, -0.2) is 26.1 Å². The second-order valence-electron chi connectivity index (χ2n) is 3.80. The van der Waals surface area contributed by atoms with Crippen LogP contribution in [0.2, 0.25) is 0 Å². The van der Waals surface area contributed by atoms with Crippen molar-refractivity contribution in [1.29, 1.82) is 0 Å². The van der Waals surface area contributed by atoms with E-state index in [2.05, 4.69) is 20.2 Å². The number of benzene rings is 1. The van der Waals surface area contributed by atoms with Gasteiger partial charge >= 0.3 is 0 Å². The van der Waals surface area contributed by atoms with E-state index in [0.29, 0.717) is 5.82 Å². The highest BCUT2D eigenvalue weighted by atomic mass is 16.1. The molecular weight excluding hydrogens is 230 g/mol. The number of rotatable bonds is 2. The van der Waals surface area contributed by atoms with Gasteiger partial charge in [-0.15, -0.1) is 0 Å². The number of hydrogen-bond donors (Lipinski definition) is 2. The van der Waals surface area contributed by atoms with E-state index >= 15 is 0 Å². The molecule has 3 aromatic rings. The van der Waals surface area contributed by atoms with Crippen molar-refractivity contribution in [3.63, 3.8) is 0 Å². The Morgan fingerprint density at radius 2 is 2.17 bits per heavy atom. The van der Waals surface area contributed by atoms with Gasteiger partial charge in [-0.1, -0.05) is 0 Å². The molecule has 0 fully saturated rings. The molecular formula is C12H9N5O. The second kappa shape index (κ2) is 3.92. The average Bonchev–Trinajstić information content (AvgIpc) is 2.86. The summed E-state index contributed by atoms with van der Waals surface area (Å²) in [6, 6.07) is 7.14. The first-order valence-corrected chi connectivity index (χ1v) is 5.30. The maximum atomic E-state index is 11.1. The Labute approximate surface area is 102 Å². The van der Waals surface area contributed by atoms with E-state index in [1.165, 1.54) is 12.3 Å². The lowest BCUT2D eigenvalue weighted by Gasteiger charge is -2.01. The molecule has 0 unspecified atom stereocenters. The summed E-state index contributed by atoms with van der Waals surface area (Å²) in [4.78, 5) is 19.3. The van der Waals surface area contributed by atoms with Crippen molar-refractivity contribution in [3.8, 4) is 11.4 Å². The fourth-order valence-electron chi connectivity index (χ4n) is 1.72. The normalized spacial score (nSPS) is 10.7. The molecule has 2 aromatic heterocycles. The lowest BCUT2D eigenvalue weighted by molar-refractivity contribution is 0.0995. The molecule has 1 aromatic carbocycles. The highest BCUT2D eigenvalue weighted by Gasteiger charge is 2.07. The van der Waals surface area contributed by atoms with Crippen molar-refractivity contribution in [2.45, 2.75) is 0 Å². The zero-order valence-electron chi connectivity index (χ0n) is 9.29. The molecule has 6 nitrogen and oxygen atoms in total. The van der Waals surface area contributed by atoms with E-state index in [0.717, 1.165) is 16.5 Å². The van der Waals surface area contributed by atoms with Crippen LogP contribution in [0.15, 0.2) is 36.7 Å². The lowest BCUT2D eigenvalue weighted by atomic mass is 10.1. The third-order valence-electron chi connectivity index (χ3n) is 2.61. The number of aromatic nitrogens is 4. The highest BCUT2D eigenvalue weighted by Crippen LogP contribution is 2.20. The molecule has 0 bridgehead atoms. The van der Waals surface area contributed by atoms with Crippen molar-refractivity contribution >= 4 is 16.8 Å². The molecule has 2 heterocycles. The van der Waals surface area contributed by atoms with Crippen molar-refractivity contribution in [3.05, 3.63) is 42.4 Å². The molecule has 1 amide bonds. The summed E-state index contributed by atoms with van der Waals surface area (Å²) >= 11 is 0. The molecule has 0 spiro atoms. The van der Waals surface area contributed by atoms with Crippen LogP contribution in [0.4, 0.5) is 0 Å². The monoisotopic (exact) mass is 239 g/mol. The summed E-state index contributed by atoms with van der Waals surface area (Å²) in [7, 11) is 0. The summed E-state index contributed by atoms with van der Waals surface area (Å²) in [5.74, 6) is -0.0996. The lowest BCUT2D eigenvalue weighted by Crippen LogP contribution is -2.13. The van der Waals surface area contributed by atoms with Gasteiger partial charge in [0.2, 0.25) is 0 Å². The molecule has 0 radical (unpaired) electrons. The van der Waals surface area contributed by atoms with E-state index in [1.54, 1.807) is 6.20 Å². The van der Waals surface area contributed by atoms with E-state index in [4.69, 9.17) is 5.73 Å². The van der Waals surface area contributed by atoms with E-state index in [9.17, 15) is 4.79 Å². The number of nitrogens with two attached hydrogens (primary N) is 1. The van der Waals surface area contributed by atoms with Crippen LogP contribution < -0.4 is 5.73 Å². The van der Waals surface area contributed by atoms with Gasteiger partial charge in [0.15, 0.2) is 5.82 Å². The summed E-state index contributed by atoms with van der Waals surface area (Å²) in [6.07, 6.45) is 3.23. The molecule has 0 saturated heterocycles. The third-order valence-corrected chi connectivity index (χ3v) is 2.61. The van der Waals surface area contributed by atoms with E-state index in [-0.39, 0.29) is 5.69 Å². The van der Waals surface area contributed by atoms with Gasteiger partial charge in [0.05, 0.1) is 11.7 Å². The Morgan fingerprint density at radius 1 is 1.28 bits per heavy atom. The fourth-order valence-corrected chi connectivity index (χ4v) is 1.72. The Balaban J connectivity index is 2.13. The molecule has 6 heteroatoms. The van der Waals surface area contributed by atoms with Gasteiger partial charge in [-0.2, -0.15) is 5.10 Å². The Morgan fingerprint density at radius 3 is 3.00 bits per heavy atom. The van der Waals surface area contributed by atoms with Crippen molar-refractivity contribution in [2.24, 2.45) is 5.73 Å². The molecule has 0 aliphatic carbocycles. The first kappa shape index (κ1) is 10.4. The van der Waals surface area contributed by atoms with Crippen molar-refractivity contribution in [2.75, 3.05) is 0 Å². The maximum Gasteiger partial charge on any atom is 0.267 e. The fraction of sp³-hybridized carbons (Fsp3) is 0. The Bertz CT molecular complexity index is 734. The second-order valence-corrected chi connectivity index (χ2v) is 3.80. The van der Waals surface area contributed by atoms with Crippen LogP contribution in [0.25, 0.3) is 22.3 Å². The summed E-state index contributed by atoms with van der Waals surface area (Å²) in [6.45, 7) is 0. The first-order valence-electron chi connectivity index (χ1n) is 5.30. The molecule has 3 rings (SSSR count). The number of H-pyrrole nitrogens is 1. The van der Waals surface area contributed by atoms with Gasteiger partial charge < -0.3 is 5.73 Å². The van der Waals surface area contributed by atoms with Crippen LogP contribution in [0.3, 0.4) is 0 Å². The van der Waals surface area contributed by atoms with Gasteiger partial charge in [0.25, 0.3) is 5.91 Å². The number of nitrogens with one attached hydrogen (secondary N) is 1. The molecule has 0 aliphatic rings. The molecule has 3 N–H and O–H groups in total. The zero-order valence-corrected chi connectivity index (χ0v) is 9.29. The van der Waals surface area contributed by atoms with Crippen LogP contribution in [0.1, 0.15) is 10.5 Å². The first-order chi connectivity index (χ1) is 8.74. The Kier molecular flexibility index (Phi) is 2.26. The number of hydrogen-bond acceptors (Lipinski definition) is 4. The number of fused-ring (bicyclic) bond motifs is 1. The molecule has 88 valence electrons. The number of aromatic amines is 1. The number of amides is 1. The minimum absolute atomic E-state index is 0.201. The molecule has 18 heavy (non-hydrogen) atoms. The number of nitrogens with zero attached hydrogens (tertiary/aromatic N) is 3. The van der Waals surface area contributed by atoms with Gasteiger partial charge in [0.1, 0.15) is 5.69 Å². The van der Waals surface area contributed by atoms with Crippen LogP contribution in [0, 0.1) is 0 Å². The largest absolute Gasteiger partial charge is 0.364 e. The SMILES string of the molecule is NC(=O)c1ccnc(-c2ccc3[nH]ncc3c2)n1. The van der Waals surface area contributed by atoms with Crippen LogP contribution in [0.5, 0.6) is 0 Å². The summed E-state index contributed by atoms with van der Waals surface area (Å²) in [5.41, 5.74) is 7.14. The maximum absolute atomic E-state index is 11.1. The van der Waals surface area contributed by atoms with Crippen molar-refractivity contribution in [1.82, 2.24) is 20.2 Å². The minimum atomic E-state index is -0.567. The van der Waals surface area contributed by atoms with Crippen molar-refractivity contribution < 1.29 is 4.79 Å². The average molecular weight is 239 g/mol. The Hall–Kier alpha value is -2.76. The standard InChI is InChI=1S/C12H9N5O/c13-11(18)10-3-4-14-12(16-10)7-1-2-9-8(5-7)6-15-17-9/h1-6H,(H2,13,18)(H,15,17). The van der Waals surface area contributed by atoms with Gasteiger partial charge in [-0.05, 0) is 24.3 Å². The predicted molar refractivity (Wildman–Crippen MR) is 65.6 cm³/mol. The smallest absolute Gasteiger partial charge is 0.267 e. The van der Waals surface area contributed by atoms with Crippen LogP contribution in [-0.2, 0) is 0 Å². The van der Waals surface area contributed by atoms with E-state index in [1.807, 2.05) is 18.2 Å². The topological polar surface area (TPSA) is 97.6 Å². The molecule has 0 aliphatic heterocycles. The highest BCUT2D eigenvalue weighted by molar-refractivity contribution is 5.91. The van der Waals surface area contributed by atoms with E-state index < -0.39 is 5.91 Å². The zero-order chi connectivity index (χ0) is 12.5. The summed E-state index contributed by atoms with van der Waals surface area (Å²) < 4.78 is 0. The molecule has 0 atom stereocenters. The number of carbonyl (C=O) groups excluding carboxylic acids is 1.